The minimum absolute atomic E-state index is 0.0192. The molecule has 4 rings (SSSR count). The Hall–Kier alpha value is -2.60. The first kappa shape index (κ1) is 19.7. The van der Waals surface area contributed by atoms with Crippen LogP contribution in [0.25, 0.3) is 0 Å². The van der Waals surface area contributed by atoms with Crippen LogP contribution in [0.1, 0.15) is 42.3 Å². The molecule has 0 radical (unpaired) electrons. The summed E-state index contributed by atoms with van der Waals surface area (Å²) in [6.07, 6.45) is 5.29. The molecule has 6 heteroatoms. The minimum atomic E-state index is -0.0535. The zero-order valence-electron chi connectivity index (χ0n) is 16.5. The zero-order valence-corrected chi connectivity index (χ0v) is 17.3. The number of hydrogen-bond acceptors (Lipinski definition) is 4. The molecule has 1 N–H and O–H groups in total. The monoisotopic (exact) mass is 406 g/mol. The number of aromatic nitrogens is 3. The summed E-state index contributed by atoms with van der Waals surface area (Å²) in [4.78, 5) is 12.8. The first-order valence-corrected chi connectivity index (χ1v) is 11.2. The summed E-state index contributed by atoms with van der Waals surface area (Å²) in [5.74, 6) is 1.42. The highest BCUT2D eigenvalue weighted by molar-refractivity contribution is 7.99. The van der Waals surface area contributed by atoms with Gasteiger partial charge in [0.2, 0.25) is 5.91 Å². The highest BCUT2D eigenvalue weighted by atomic mass is 32.2. The molecule has 0 unspecified atom stereocenters. The van der Waals surface area contributed by atoms with Crippen LogP contribution in [0.2, 0.25) is 0 Å². The molecule has 0 saturated carbocycles. The molecule has 2 heterocycles. The Morgan fingerprint density at radius 3 is 2.55 bits per heavy atom. The van der Waals surface area contributed by atoms with E-state index in [4.69, 9.17) is 0 Å². The highest BCUT2D eigenvalue weighted by Gasteiger charge is 2.18. The van der Waals surface area contributed by atoms with Gasteiger partial charge >= 0.3 is 0 Å². The van der Waals surface area contributed by atoms with Crippen molar-refractivity contribution in [2.24, 2.45) is 0 Å². The molecular weight excluding hydrogens is 380 g/mol. The van der Waals surface area contributed by atoms with E-state index in [0.717, 1.165) is 42.4 Å². The Morgan fingerprint density at radius 2 is 1.76 bits per heavy atom. The number of nitrogens with zero attached hydrogens (tertiary/aromatic N) is 3. The third-order valence-corrected chi connectivity index (χ3v) is 6.19. The van der Waals surface area contributed by atoms with Gasteiger partial charge in [-0.3, -0.25) is 4.79 Å². The van der Waals surface area contributed by atoms with Crippen LogP contribution in [0.3, 0.4) is 0 Å². The van der Waals surface area contributed by atoms with Gasteiger partial charge < -0.3 is 9.88 Å². The molecule has 1 atom stereocenters. The maximum Gasteiger partial charge on any atom is 0.230 e. The van der Waals surface area contributed by atoms with Crippen molar-refractivity contribution in [1.82, 2.24) is 20.1 Å². The van der Waals surface area contributed by atoms with E-state index in [2.05, 4.69) is 44.3 Å². The molecule has 1 amide bonds. The Bertz CT molecular complexity index is 927. The topological polar surface area (TPSA) is 59.8 Å². The smallest absolute Gasteiger partial charge is 0.230 e. The van der Waals surface area contributed by atoms with Crippen LogP contribution in [-0.4, -0.2) is 26.4 Å². The molecule has 3 aromatic rings. The molecule has 5 nitrogen and oxygen atoms in total. The highest BCUT2D eigenvalue weighted by Crippen LogP contribution is 2.23. The second-order valence-corrected chi connectivity index (χ2v) is 8.31. The van der Waals surface area contributed by atoms with Crippen LogP contribution >= 0.6 is 11.8 Å². The number of amides is 1. The van der Waals surface area contributed by atoms with Gasteiger partial charge in [0, 0.05) is 13.0 Å². The van der Waals surface area contributed by atoms with E-state index in [1.807, 2.05) is 36.4 Å². The van der Waals surface area contributed by atoms with Gasteiger partial charge in [-0.2, -0.15) is 0 Å². The van der Waals surface area contributed by atoms with E-state index in [1.165, 1.54) is 30.2 Å². The van der Waals surface area contributed by atoms with Crippen molar-refractivity contribution < 1.29 is 4.79 Å². The first-order valence-electron chi connectivity index (χ1n) is 10.2. The van der Waals surface area contributed by atoms with Crippen molar-refractivity contribution in [3.05, 3.63) is 77.6 Å². The van der Waals surface area contributed by atoms with Crippen molar-refractivity contribution in [2.45, 2.75) is 49.8 Å². The summed E-state index contributed by atoms with van der Waals surface area (Å²) in [6, 6.07) is 20.4. The number of carbonyl (C=O) groups is 1. The lowest BCUT2D eigenvalue weighted by molar-refractivity contribution is -0.119. The summed E-state index contributed by atoms with van der Waals surface area (Å²) < 4.78 is 2.18. The van der Waals surface area contributed by atoms with Gasteiger partial charge in [-0.15, -0.1) is 10.2 Å². The van der Waals surface area contributed by atoms with Crippen LogP contribution in [0.15, 0.2) is 65.8 Å². The standard InChI is InChI=1S/C23H26N4OS/c28-22(17-29-23-26-25-21-14-8-3-9-15-27(21)23)24-20(19-12-6-2-7-13-19)16-18-10-4-1-5-11-18/h1-2,4-7,10-13,20H,3,8-9,14-17H2,(H,24,28)/t20-/m1/s1. The Balaban J connectivity index is 1.41. The molecule has 0 saturated heterocycles. The summed E-state index contributed by atoms with van der Waals surface area (Å²) in [6.45, 7) is 0.951. The number of benzene rings is 2. The first-order chi connectivity index (χ1) is 14.3. The van der Waals surface area contributed by atoms with Crippen LogP contribution in [0, 0.1) is 0 Å². The lowest BCUT2D eigenvalue weighted by Gasteiger charge is -2.19. The summed E-state index contributed by atoms with van der Waals surface area (Å²) >= 11 is 1.48. The van der Waals surface area contributed by atoms with Gasteiger partial charge in [0.15, 0.2) is 5.16 Å². The van der Waals surface area contributed by atoms with E-state index in [9.17, 15) is 4.79 Å². The number of nitrogens with one attached hydrogen (secondary N) is 1. The fourth-order valence-corrected chi connectivity index (χ4v) is 4.51. The molecule has 2 aromatic carbocycles. The van der Waals surface area contributed by atoms with E-state index in [0.29, 0.717) is 5.75 Å². The summed E-state index contributed by atoms with van der Waals surface area (Å²) in [5, 5.41) is 12.7. The van der Waals surface area contributed by atoms with E-state index >= 15 is 0 Å². The van der Waals surface area contributed by atoms with Crippen LogP contribution in [0.4, 0.5) is 0 Å². The van der Waals surface area contributed by atoms with E-state index in [1.54, 1.807) is 0 Å². The van der Waals surface area contributed by atoms with Gasteiger partial charge in [0.25, 0.3) is 0 Å². The van der Waals surface area contributed by atoms with Crippen LogP contribution in [-0.2, 0) is 24.2 Å². The molecular formula is C23H26N4OS. The Morgan fingerprint density at radius 1 is 1.00 bits per heavy atom. The number of carbonyl (C=O) groups excluding carboxylic acids is 1. The molecule has 1 aromatic heterocycles. The van der Waals surface area contributed by atoms with Crippen molar-refractivity contribution in [1.29, 1.82) is 0 Å². The van der Waals surface area contributed by atoms with Gasteiger partial charge in [0.1, 0.15) is 5.82 Å². The SMILES string of the molecule is O=C(CSc1nnc2n1CCCCC2)N[C@H](Cc1ccccc1)c1ccccc1. The zero-order chi connectivity index (χ0) is 19.9. The van der Waals surface area contributed by atoms with Crippen LogP contribution in [0.5, 0.6) is 0 Å². The lowest BCUT2D eigenvalue weighted by Crippen LogP contribution is -2.31. The largest absolute Gasteiger partial charge is 0.348 e. The molecule has 1 aliphatic heterocycles. The summed E-state index contributed by atoms with van der Waals surface area (Å²) in [5.41, 5.74) is 2.32. The normalized spacial score (nSPS) is 14.6. The second kappa shape index (κ2) is 9.74. The molecule has 0 bridgehead atoms. The number of aryl methyl sites for hydroxylation is 1. The van der Waals surface area contributed by atoms with Gasteiger partial charge in [-0.25, -0.2) is 0 Å². The van der Waals surface area contributed by atoms with Crippen molar-refractivity contribution in [3.8, 4) is 0 Å². The molecule has 1 aliphatic rings. The average molecular weight is 407 g/mol. The molecule has 0 aliphatic carbocycles. The number of fused-ring (bicyclic) bond motifs is 1. The molecule has 0 spiro atoms. The fourth-order valence-electron chi connectivity index (χ4n) is 3.72. The molecule has 0 fully saturated rings. The molecule has 150 valence electrons. The minimum Gasteiger partial charge on any atom is -0.348 e. The maximum atomic E-state index is 12.8. The number of thioether (sulfide) groups is 1. The predicted molar refractivity (Wildman–Crippen MR) is 116 cm³/mol. The fraction of sp³-hybridized carbons (Fsp3) is 0.348. The third-order valence-electron chi connectivity index (χ3n) is 5.23. The van der Waals surface area contributed by atoms with Gasteiger partial charge in [-0.1, -0.05) is 78.8 Å². The lowest BCUT2D eigenvalue weighted by atomic mass is 9.99. The number of hydrogen-bond donors (Lipinski definition) is 1. The Labute approximate surface area is 175 Å². The van der Waals surface area contributed by atoms with Crippen LogP contribution < -0.4 is 5.32 Å². The Kier molecular flexibility index (Phi) is 6.62. The van der Waals surface area contributed by atoms with E-state index in [-0.39, 0.29) is 11.9 Å². The third kappa shape index (κ3) is 5.26. The van der Waals surface area contributed by atoms with E-state index < -0.39 is 0 Å². The average Bonchev–Trinajstić information content (AvgIpc) is 2.99. The van der Waals surface area contributed by atoms with Crippen molar-refractivity contribution in [3.63, 3.8) is 0 Å². The summed E-state index contributed by atoms with van der Waals surface area (Å²) in [7, 11) is 0. The second-order valence-electron chi connectivity index (χ2n) is 7.37. The quantitative estimate of drug-likeness (QED) is 0.598. The molecule has 29 heavy (non-hydrogen) atoms. The van der Waals surface area contributed by atoms with Crippen molar-refractivity contribution in [2.75, 3.05) is 5.75 Å². The van der Waals surface area contributed by atoms with Gasteiger partial charge in [-0.05, 0) is 30.4 Å². The van der Waals surface area contributed by atoms with Crippen molar-refractivity contribution >= 4 is 17.7 Å². The van der Waals surface area contributed by atoms with Gasteiger partial charge in [0.05, 0.1) is 11.8 Å². The predicted octanol–water partition coefficient (Wildman–Crippen LogP) is 4.20. The maximum absolute atomic E-state index is 12.8. The number of rotatable bonds is 7.